The standard InChI is InChI=1S/C22H23F2NO2/c1-2-27-22(26)25-14-3-4-16(13-15-25)21(17-5-9-19(23)10-6-17)18-7-11-20(24)12-8-18/h5-12H,2-4,13-15H2,1H3. The van der Waals surface area contributed by atoms with Gasteiger partial charge in [-0.05, 0) is 67.2 Å². The van der Waals surface area contributed by atoms with Crippen LogP contribution in [0.15, 0.2) is 54.1 Å². The molecular formula is C22H23F2NO2. The van der Waals surface area contributed by atoms with Gasteiger partial charge in [0.25, 0.3) is 0 Å². The lowest BCUT2D eigenvalue weighted by atomic mass is 9.90. The molecule has 0 unspecified atom stereocenters. The summed E-state index contributed by atoms with van der Waals surface area (Å²) in [5, 5.41) is 0. The van der Waals surface area contributed by atoms with Gasteiger partial charge in [0.05, 0.1) is 6.61 Å². The summed E-state index contributed by atoms with van der Waals surface area (Å²) in [5.74, 6) is -0.590. The average Bonchev–Trinajstić information content (AvgIpc) is 2.91. The van der Waals surface area contributed by atoms with Gasteiger partial charge in [-0.15, -0.1) is 0 Å². The predicted molar refractivity (Wildman–Crippen MR) is 101 cm³/mol. The summed E-state index contributed by atoms with van der Waals surface area (Å²) in [5.41, 5.74) is 3.95. The molecule has 1 fully saturated rings. The maximum absolute atomic E-state index is 13.4. The lowest BCUT2D eigenvalue weighted by Gasteiger charge is -2.19. The molecule has 5 heteroatoms. The van der Waals surface area contributed by atoms with Gasteiger partial charge >= 0.3 is 6.09 Å². The van der Waals surface area contributed by atoms with Gasteiger partial charge in [-0.1, -0.05) is 29.8 Å². The fraction of sp³-hybridized carbons (Fsp3) is 0.318. The zero-order valence-corrected chi connectivity index (χ0v) is 15.4. The first-order valence-electron chi connectivity index (χ1n) is 9.24. The van der Waals surface area contributed by atoms with Crippen molar-refractivity contribution in [2.45, 2.75) is 26.2 Å². The number of rotatable bonds is 3. The highest BCUT2D eigenvalue weighted by molar-refractivity contribution is 5.82. The number of benzene rings is 2. The van der Waals surface area contributed by atoms with E-state index < -0.39 is 0 Å². The first-order chi connectivity index (χ1) is 13.1. The topological polar surface area (TPSA) is 29.5 Å². The minimum atomic E-state index is -0.295. The van der Waals surface area contributed by atoms with Gasteiger partial charge in [-0.25, -0.2) is 13.6 Å². The molecule has 0 N–H and O–H groups in total. The summed E-state index contributed by atoms with van der Waals surface area (Å²) < 4.78 is 31.9. The van der Waals surface area contributed by atoms with Gasteiger partial charge in [-0.3, -0.25) is 0 Å². The Morgan fingerprint density at radius 3 is 2.00 bits per heavy atom. The predicted octanol–water partition coefficient (Wildman–Crippen LogP) is 5.41. The lowest BCUT2D eigenvalue weighted by Crippen LogP contribution is -2.32. The zero-order valence-electron chi connectivity index (χ0n) is 15.4. The van der Waals surface area contributed by atoms with Gasteiger partial charge in [0.1, 0.15) is 11.6 Å². The number of hydrogen-bond donors (Lipinski definition) is 0. The van der Waals surface area contributed by atoms with E-state index >= 15 is 0 Å². The summed E-state index contributed by atoms with van der Waals surface area (Å²) in [7, 11) is 0. The smallest absolute Gasteiger partial charge is 0.409 e. The fourth-order valence-corrected chi connectivity index (χ4v) is 3.45. The molecule has 3 rings (SSSR count). The molecule has 1 aliphatic heterocycles. The fourth-order valence-electron chi connectivity index (χ4n) is 3.45. The van der Waals surface area contributed by atoms with Crippen LogP contribution in [0.2, 0.25) is 0 Å². The van der Waals surface area contributed by atoms with Crippen molar-refractivity contribution in [2.24, 2.45) is 0 Å². The number of carbonyl (C=O) groups is 1. The van der Waals surface area contributed by atoms with Crippen LogP contribution in [0.5, 0.6) is 0 Å². The Morgan fingerprint density at radius 1 is 0.926 bits per heavy atom. The first-order valence-corrected chi connectivity index (χ1v) is 9.24. The van der Waals surface area contributed by atoms with Crippen LogP contribution in [-0.2, 0) is 4.74 Å². The molecule has 0 spiro atoms. The summed E-state index contributed by atoms with van der Waals surface area (Å²) in [6.45, 7) is 3.36. The number of hydrogen-bond acceptors (Lipinski definition) is 2. The molecule has 27 heavy (non-hydrogen) atoms. The Hall–Kier alpha value is -2.69. The van der Waals surface area contributed by atoms with E-state index in [0.29, 0.717) is 26.1 Å². The van der Waals surface area contributed by atoms with Crippen molar-refractivity contribution < 1.29 is 18.3 Å². The van der Waals surface area contributed by atoms with Gasteiger partial charge in [0, 0.05) is 13.1 Å². The number of amides is 1. The number of carbonyl (C=O) groups excluding carboxylic acids is 1. The molecule has 0 radical (unpaired) electrons. The Balaban J connectivity index is 1.97. The minimum Gasteiger partial charge on any atom is -0.450 e. The van der Waals surface area contributed by atoms with E-state index in [0.717, 1.165) is 29.5 Å². The molecule has 1 aliphatic rings. The van der Waals surface area contributed by atoms with Gasteiger partial charge < -0.3 is 9.64 Å². The number of likely N-dealkylation sites (tertiary alicyclic amines) is 1. The Morgan fingerprint density at radius 2 is 1.48 bits per heavy atom. The Kier molecular flexibility index (Phi) is 6.22. The largest absolute Gasteiger partial charge is 0.450 e. The molecule has 0 aromatic heterocycles. The van der Waals surface area contributed by atoms with Crippen LogP contribution in [0.3, 0.4) is 0 Å². The van der Waals surface area contributed by atoms with E-state index in [-0.39, 0.29) is 17.7 Å². The molecule has 1 amide bonds. The van der Waals surface area contributed by atoms with Gasteiger partial charge in [0.2, 0.25) is 0 Å². The van der Waals surface area contributed by atoms with Crippen molar-refractivity contribution >= 4 is 11.7 Å². The summed E-state index contributed by atoms with van der Waals surface area (Å²) in [6.07, 6.45) is 2.05. The van der Waals surface area contributed by atoms with Crippen LogP contribution in [0.25, 0.3) is 5.57 Å². The highest BCUT2D eigenvalue weighted by Crippen LogP contribution is 2.32. The second-order valence-corrected chi connectivity index (χ2v) is 6.53. The Bertz CT molecular complexity index is 766. The van der Waals surface area contributed by atoms with Crippen LogP contribution in [0.1, 0.15) is 37.3 Å². The summed E-state index contributed by atoms with van der Waals surface area (Å²) in [4.78, 5) is 13.8. The number of nitrogens with zero attached hydrogens (tertiary/aromatic N) is 1. The van der Waals surface area contributed by atoms with Crippen molar-refractivity contribution in [2.75, 3.05) is 19.7 Å². The minimum absolute atomic E-state index is 0.288. The maximum atomic E-state index is 13.4. The molecule has 2 aromatic rings. The third-order valence-electron chi connectivity index (χ3n) is 4.74. The molecule has 0 atom stereocenters. The van der Waals surface area contributed by atoms with Crippen LogP contribution in [0.4, 0.5) is 13.6 Å². The van der Waals surface area contributed by atoms with E-state index in [9.17, 15) is 13.6 Å². The molecular weight excluding hydrogens is 348 g/mol. The zero-order chi connectivity index (χ0) is 19.2. The molecule has 1 saturated heterocycles. The van der Waals surface area contributed by atoms with Gasteiger partial charge in [0.15, 0.2) is 0 Å². The second-order valence-electron chi connectivity index (χ2n) is 6.53. The van der Waals surface area contributed by atoms with Crippen molar-refractivity contribution in [3.63, 3.8) is 0 Å². The molecule has 0 saturated carbocycles. The van der Waals surface area contributed by atoms with Crippen molar-refractivity contribution in [1.82, 2.24) is 4.90 Å². The SMILES string of the molecule is CCOC(=O)N1CCCC(=C(c2ccc(F)cc2)c2ccc(F)cc2)CC1. The van der Waals surface area contributed by atoms with Crippen molar-refractivity contribution in [1.29, 1.82) is 0 Å². The van der Waals surface area contributed by atoms with E-state index in [1.807, 2.05) is 0 Å². The number of ether oxygens (including phenoxy) is 1. The summed E-state index contributed by atoms with van der Waals surface area (Å²) in [6, 6.07) is 12.7. The molecule has 142 valence electrons. The monoisotopic (exact) mass is 371 g/mol. The highest BCUT2D eigenvalue weighted by atomic mass is 19.1. The van der Waals surface area contributed by atoms with E-state index in [2.05, 4.69) is 0 Å². The normalized spacial score (nSPS) is 14.6. The van der Waals surface area contributed by atoms with E-state index in [1.165, 1.54) is 29.8 Å². The molecule has 3 nitrogen and oxygen atoms in total. The van der Waals surface area contributed by atoms with Crippen LogP contribution in [-0.4, -0.2) is 30.7 Å². The summed E-state index contributed by atoms with van der Waals surface area (Å²) >= 11 is 0. The second kappa shape index (κ2) is 8.80. The first kappa shape index (κ1) is 19.1. The highest BCUT2D eigenvalue weighted by Gasteiger charge is 2.21. The van der Waals surface area contributed by atoms with Crippen LogP contribution < -0.4 is 0 Å². The van der Waals surface area contributed by atoms with Crippen LogP contribution in [0, 0.1) is 11.6 Å². The third kappa shape index (κ3) is 4.73. The Labute approximate surface area is 158 Å². The molecule has 2 aromatic carbocycles. The molecule has 1 heterocycles. The third-order valence-corrected chi connectivity index (χ3v) is 4.74. The van der Waals surface area contributed by atoms with Crippen molar-refractivity contribution in [3.05, 3.63) is 76.9 Å². The van der Waals surface area contributed by atoms with Crippen LogP contribution >= 0.6 is 0 Å². The maximum Gasteiger partial charge on any atom is 0.409 e. The lowest BCUT2D eigenvalue weighted by molar-refractivity contribution is 0.109. The molecule has 0 bridgehead atoms. The van der Waals surface area contributed by atoms with Crippen molar-refractivity contribution in [3.8, 4) is 0 Å². The average molecular weight is 371 g/mol. The van der Waals surface area contributed by atoms with E-state index in [4.69, 9.17) is 4.74 Å². The van der Waals surface area contributed by atoms with E-state index in [1.54, 1.807) is 36.1 Å². The molecule has 0 aliphatic carbocycles. The van der Waals surface area contributed by atoms with Gasteiger partial charge in [-0.2, -0.15) is 0 Å². The number of halogens is 2. The quantitative estimate of drug-likeness (QED) is 0.722.